The Hall–Kier alpha value is -0.120. The molecule has 3 heteroatoms. The van der Waals surface area contributed by atoms with Gasteiger partial charge in [0.15, 0.2) is 0 Å². The van der Waals surface area contributed by atoms with Crippen LogP contribution in [0.25, 0.3) is 0 Å². The lowest BCUT2D eigenvalue weighted by molar-refractivity contribution is -0.109. The van der Waals surface area contributed by atoms with E-state index in [2.05, 4.69) is 12.2 Å². The molecule has 2 saturated heterocycles. The van der Waals surface area contributed by atoms with E-state index < -0.39 is 0 Å². The summed E-state index contributed by atoms with van der Waals surface area (Å²) < 4.78 is 11.7. The van der Waals surface area contributed by atoms with Crippen LogP contribution in [-0.4, -0.2) is 38.0 Å². The molecule has 0 aromatic heterocycles. The van der Waals surface area contributed by atoms with E-state index in [1.165, 1.54) is 51.5 Å². The Balaban J connectivity index is 1.54. The topological polar surface area (TPSA) is 30.5 Å². The molecule has 0 aromatic carbocycles. The van der Waals surface area contributed by atoms with E-state index in [0.717, 1.165) is 44.1 Å². The minimum atomic E-state index is 0.0900. The van der Waals surface area contributed by atoms with Crippen LogP contribution in [0.2, 0.25) is 0 Å². The van der Waals surface area contributed by atoms with Crippen molar-refractivity contribution in [2.75, 3.05) is 26.4 Å². The van der Waals surface area contributed by atoms with Crippen molar-refractivity contribution in [3.63, 3.8) is 0 Å². The minimum absolute atomic E-state index is 0.0900. The van der Waals surface area contributed by atoms with Gasteiger partial charge in [0.25, 0.3) is 0 Å². The minimum Gasteiger partial charge on any atom is -0.378 e. The highest BCUT2D eigenvalue weighted by Crippen LogP contribution is 2.42. The van der Waals surface area contributed by atoms with Gasteiger partial charge in [-0.1, -0.05) is 19.8 Å². The summed E-state index contributed by atoms with van der Waals surface area (Å²) in [4.78, 5) is 0. The lowest BCUT2D eigenvalue weighted by Gasteiger charge is -2.43. The van der Waals surface area contributed by atoms with Crippen LogP contribution in [-0.2, 0) is 9.47 Å². The van der Waals surface area contributed by atoms with Crippen molar-refractivity contribution in [1.82, 2.24) is 5.32 Å². The molecule has 4 unspecified atom stereocenters. The van der Waals surface area contributed by atoms with Gasteiger partial charge < -0.3 is 14.8 Å². The zero-order chi connectivity index (χ0) is 13.8. The SMILES string of the molecule is CCCNC1CCCC(C2CCOC3(CCOC3)C2)C1. The molecule has 3 fully saturated rings. The Morgan fingerprint density at radius 3 is 2.90 bits per heavy atom. The van der Waals surface area contributed by atoms with Gasteiger partial charge in [0.05, 0.1) is 12.2 Å². The van der Waals surface area contributed by atoms with E-state index in [1.54, 1.807) is 0 Å². The molecule has 3 nitrogen and oxygen atoms in total. The Morgan fingerprint density at radius 2 is 2.10 bits per heavy atom. The number of nitrogens with one attached hydrogen (secondary N) is 1. The molecule has 0 aromatic rings. The average Bonchev–Trinajstić information content (AvgIpc) is 2.93. The first kappa shape index (κ1) is 14.8. The van der Waals surface area contributed by atoms with Gasteiger partial charge in [-0.05, 0) is 50.5 Å². The van der Waals surface area contributed by atoms with E-state index in [0.29, 0.717) is 0 Å². The molecule has 0 bridgehead atoms. The van der Waals surface area contributed by atoms with Crippen LogP contribution in [0.15, 0.2) is 0 Å². The Labute approximate surface area is 123 Å². The predicted octanol–water partition coefficient (Wildman–Crippen LogP) is 3.13. The number of rotatable bonds is 4. The third-order valence-electron chi connectivity index (χ3n) is 5.66. The van der Waals surface area contributed by atoms with Crippen molar-refractivity contribution in [3.05, 3.63) is 0 Å². The fraction of sp³-hybridized carbons (Fsp3) is 1.00. The Bertz CT molecular complexity index is 301. The zero-order valence-electron chi connectivity index (χ0n) is 13.0. The maximum Gasteiger partial charge on any atom is 0.0939 e. The summed E-state index contributed by atoms with van der Waals surface area (Å²) in [5, 5.41) is 3.75. The zero-order valence-corrected chi connectivity index (χ0v) is 13.0. The van der Waals surface area contributed by atoms with Crippen molar-refractivity contribution in [2.45, 2.75) is 69.9 Å². The lowest BCUT2D eigenvalue weighted by Crippen LogP contribution is -2.44. The van der Waals surface area contributed by atoms with Crippen molar-refractivity contribution in [2.24, 2.45) is 11.8 Å². The molecule has 0 amide bonds. The standard InChI is InChI=1S/C17H31NO2/c1-2-8-18-16-5-3-4-14(11-16)15-6-9-20-17(12-15)7-10-19-13-17/h14-16,18H,2-13H2,1H3. The molecule has 1 aliphatic carbocycles. The summed E-state index contributed by atoms with van der Waals surface area (Å²) >= 11 is 0. The largest absolute Gasteiger partial charge is 0.378 e. The van der Waals surface area contributed by atoms with E-state index in [1.807, 2.05) is 0 Å². The van der Waals surface area contributed by atoms with Crippen molar-refractivity contribution in [1.29, 1.82) is 0 Å². The smallest absolute Gasteiger partial charge is 0.0939 e. The van der Waals surface area contributed by atoms with Gasteiger partial charge in [0, 0.05) is 25.7 Å². The van der Waals surface area contributed by atoms with Gasteiger partial charge in [-0.15, -0.1) is 0 Å². The fourth-order valence-corrected chi connectivity index (χ4v) is 4.52. The molecule has 116 valence electrons. The van der Waals surface area contributed by atoms with Crippen LogP contribution in [0.4, 0.5) is 0 Å². The summed E-state index contributed by atoms with van der Waals surface area (Å²) in [6.45, 7) is 6.14. The Morgan fingerprint density at radius 1 is 1.15 bits per heavy atom. The second-order valence-corrected chi connectivity index (χ2v) is 7.16. The normalized spacial score (nSPS) is 42.1. The second-order valence-electron chi connectivity index (χ2n) is 7.16. The first-order valence-corrected chi connectivity index (χ1v) is 8.76. The van der Waals surface area contributed by atoms with Gasteiger partial charge in [-0.25, -0.2) is 0 Å². The van der Waals surface area contributed by atoms with Crippen molar-refractivity contribution < 1.29 is 9.47 Å². The van der Waals surface area contributed by atoms with Crippen LogP contribution in [0, 0.1) is 11.8 Å². The van der Waals surface area contributed by atoms with E-state index in [4.69, 9.17) is 9.47 Å². The number of ether oxygens (including phenoxy) is 2. The molecule has 1 N–H and O–H groups in total. The van der Waals surface area contributed by atoms with Crippen molar-refractivity contribution in [3.8, 4) is 0 Å². The van der Waals surface area contributed by atoms with E-state index in [-0.39, 0.29) is 5.60 Å². The highest BCUT2D eigenvalue weighted by molar-refractivity contribution is 4.93. The maximum absolute atomic E-state index is 6.10. The quantitative estimate of drug-likeness (QED) is 0.859. The molecular formula is C17H31NO2. The second kappa shape index (κ2) is 6.76. The fourth-order valence-electron chi connectivity index (χ4n) is 4.52. The van der Waals surface area contributed by atoms with Gasteiger partial charge in [-0.2, -0.15) is 0 Å². The van der Waals surface area contributed by atoms with Crippen LogP contribution < -0.4 is 5.32 Å². The van der Waals surface area contributed by atoms with Gasteiger partial charge in [-0.3, -0.25) is 0 Å². The molecule has 2 heterocycles. The predicted molar refractivity (Wildman–Crippen MR) is 80.9 cm³/mol. The third kappa shape index (κ3) is 3.37. The average molecular weight is 281 g/mol. The summed E-state index contributed by atoms with van der Waals surface area (Å²) in [5.74, 6) is 1.79. The van der Waals surface area contributed by atoms with E-state index in [9.17, 15) is 0 Å². The van der Waals surface area contributed by atoms with Crippen LogP contribution >= 0.6 is 0 Å². The van der Waals surface area contributed by atoms with Crippen LogP contribution in [0.3, 0.4) is 0 Å². The third-order valence-corrected chi connectivity index (χ3v) is 5.66. The molecular weight excluding hydrogens is 250 g/mol. The summed E-state index contributed by atoms with van der Waals surface area (Å²) in [5.41, 5.74) is 0.0900. The number of hydrogen-bond donors (Lipinski definition) is 1. The van der Waals surface area contributed by atoms with Gasteiger partial charge >= 0.3 is 0 Å². The Kier molecular flexibility index (Phi) is 5.00. The van der Waals surface area contributed by atoms with Crippen molar-refractivity contribution >= 4 is 0 Å². The highest BCUT2D eigenvalue weighted by Gasteiger charge is 2.43. The van der Waals surface area contributed by atoms with Gasteiger partial charge in [0.1, 0.15) is 0 Å². The first-order chi connectivity index (χ1) is 9.81. The summed E-state index contributed by atoms with van der Waals surface area (Å²) in [6, 6.07) is 0.771. The molecule has 1 saturated carbocycles. The van der Waals surface area contributed by atoms with Gasteiger partial charge in [0.2, 0.25) is 0 Å². The maximum atomic E-state index is 6.10. The summed E-state index contributed by atoms with van der Waals surface area (Å²) in [6.07, 6.45) is 10.5. The first-order valence-electron chi connectivity index (χ1n) is 8.76. The lowest BCUT2D eigenvalue weighted by atomic mass is 9.71. The monoisotopic (exact) mass is 281 g/mol. The summed E-state index contributed by atoms with van der Waals surface area (Å²) in [7, 11) is 0. The molecule has 4 atom stereocenters. The van der Waals surface area contributed by atoms with Crippen LogP contribution in [0.5, 0.6) is 0 Å². The highest BCUT2D eigenvalue weighted by atomic mass is 16.6. The number of hydrogen-bond acceptors (Lipinski definition) is 3. The molecule has 3 aliphatic rings. The van der Waals surface area contributed by atoms with Crippen LogP contribution in [0.1, 0.15) is 58.3 Å². The molecule has 3 rings (SSSR count). The molecule has 20 heavy (non-hydrogen) atoms. The van der Waals surface area contributed by atoms with E-state index >= 15 is 0 Å². The molecule has 2 aliphatic heterocycles. The molecule has 0 radical (unpaired) electrons. The molecule has 1 spiro atoms.